The van der Waals surface area contributed by atoms with Gasteiger partial charge in [-0.2, -0.15) is 0 Å². The van der Waals surface area contributed by atoms with E-state index in [2.05, 4.69) is 21.2 Å². The molecule has 0 spiro atoms. The molecule has 0 radical (unpaired) electrons. The van der Waals surface area contributed by atoms with E-state index in [0.717, 1.165) is 11.1 Å². The van der Waals surface area contributed by atoms with E-state index in [1.165, 1.54) is 35.0 Å². The van der Waals surface area contributed by atoms with E-state index in [4.69, 9.17) is 0 Å². The van der Waals surface area contributed by atoms with Crippen molar-refractivity contribution in [2.24, 2.45) is 0 Å². The lowest BCUT2D eigenvalue weighted by Gasteiger charge is -2.10. The number of benzene rings is 2. The molecule has 2 aromatic carbocycles. The predicted molar refractivity (Wildman–Crippen MR) is 103 cm³/mol. The zero-order valence-corrected chi connectivity index (χ0v) is 15.6. The van der Waals surface area contributed by atoms with Crippen LogP contribution >= 0.6 is 15.9 Å². The summed E-state index contributed by atoms with van der Waals surface area (Å²) in [4.78, 5) is 24.5. The lowest BCUT2D eigenvalue weighted by molar-refractivity contribution is 0.102. The summed E-state index contributed by atoms with van der Waals surface area (Å²) in [6, 6.07) is 14.9. The van der Waals surface area contributed by atoms with Gasteiger partial charge >= 0.3 is 0 Å². The monoisotopic (exact) mass is 414 g/mol. The Bertz CT molecular complexity index is 1030. The van der Waals surface area contributed by atoms with Gasteiger partial charge in [-0.1, -0.05) is 45.8 Å². The summed E-state index contributed by atoms with van der Waals surface area (Å²) in [7, 11) is 0. The first-order valence-electron chi connectivity index (χ1n) is 7.95. The van der Waals surface area contributed by atoms with Crippen molar-refractivity contribution < 1.29 is 9.18 Å². The van der Waals surface area contributed by atoms with E-state index >= 15 is 0 Å². The van der Waals surface area contributed by atoms with E-state index in [9.17, 15) is 14.0 Å². The second-order valence-corrected chi connectivity index (χ2v) is 6.87. The normalized spacial score (nSPS) is 10.6. The molecule has 0 unspecified atom stereocenters. The van der Waals surface area contributed by atoms with E-state index in [1.54, 1.807) is 6.07 Å². The molecule has 3 aromatic rings. The van der Waals surface area contributed by atoms with Crippen molar-refractivity contribution in [1.82, 2.24) is 4.57 Å². The van der Waals surface area contributed by atoms with E-state index in [1.807, 2.05) is 31.2 Å². The van der Waals surface area contributed by atoms with Gasteiger partial charge in [-0.15, -0.1) is 0 Å². The first kappa shape index (κ1) is 18.1. The Labute approximate surface area is 158 Å². The number of aryl methyl sites for hydroxylation is 1. The number of anilines is 1. The SMILES string of the molecule is Cc1cccc(Cn2cc(C(=O)Nc3ccc(Br)cc3F)ccc2=O)c1. The van der Waals surface area contributed by atoms with Crippen LogP contribution in [0, 0.1) is 12.7 Å². The van der Waals surface area contributed by atoms with Crippen LogP contribution in [0.15, 0.2) is 70.1 Å². The lowest BCUT2D eigenvalue weighted by atomic mass is 10.1. The maximum atomic E-state index is 13.9. The number of rotatable bonds is 4. The van der Waals surface area contributed by atoms with Gasteiger partial charge in [-0.3, -0.25) is 9.59 Å². The fraction of sp³-hybridized carbons (Fsp3) is 0.100. The third-order valence-corrected chi connectivity index (χ3v) is 4.35. The van der Waals surface area contributed by atoms with Crippen molar-refractivity contribution in [3.05, 3.63) is 98.1 Å². The number of pyridine rings is 1. The van der Waals surface area contributed by atoms with E-state index in [0.29, 0.717) is 11.0 Å². The molecule has 26 heavy (non-hydrogen) atoms. The number of amides is 1. The molecule has 0 aliphatic carbocycles. The molecule has 0 bridgehead atoms. The number of nitrogens with one attached hydrogen (secondary N) is 1. The number of aromatic nitrogens is 1. The third-order valence-electron chi connectivity index (χ3n) is 3.86. The molecule has 1 heterocycles. The quantitative estimate of drug-likeness (QED) is 0.689. The zero-order valence-electron chi connectivity index (χ0n) is 14.0. The minimum Gasteiger partial charge on any atom is -0.319 e. The van der Waals surface area contributed by atoms with Crippen LogP contribution in [0.2, 0.25) is 0 Å². The van der Waals surface area contributed by atoms with Crippen molar-refractivity contribution in [3.63, 3.8) is 0 Å². The van der Waals surface area contributed by atoms with E-state index in [-0.39, 0.29) is 16.8 Å². The Kier molecular flexibility index (Phi) is 5.32. The molecule has 1 aromatic heterocycles. The van der Waals surface area contributed by atoms with Gasteiger partial charge in [0, 0.05) is 16.7 Å². The summed E-state index contributed by atoms with van der Waals surface area (Å²) in [6.45, 7) is 2.33. The number of carbonyl (C=O) groups excluding carboxylic acids is 1. The fourth-order valence-corrected chi connectivity index (χ4v) is 2.91. The second-order valence-electron chi connectivity index (χ2n) is 5.95. The minimum absolute atomic E-state index is 0.0784. The summed E-state index contributed by atoms with van der Waals surface area (Å²) >= 11 is 3.17. The van der Waals surface area contributed by atoms with Crippen LogP contribution in [0.3, 0.4) is 0 Å². The highest BCUT2D eigenvalue weighted by Crippen LogP contribution is 2.20. The predicted octanol–water partition coefficient (Wildman–Crippen LogP) is 4.36. The highest BCUT2D eigenvalue weighted by Gasteiger charge is 2.11. The highest BCUT2D eigenvalue weighted by molar-refractivity contribution is 9.10. The van der Waals surface area contributed by atoms with Crippen molar-refractivity contribution in [2.75, 3.05) is 5.32 Å². The van der Waals surface area contributed by atoms with Crippen LogP contribution < -0.4 is 10.9 Å². The highest BCUT2D eigenvalue weighted by atomic mass is 79.9. The van der Waals surface area contributed by atoms with E-state index < -0.39 is 11.7 Å². The molecule has 0 fully saturated rings. The van der Waals surface area contributed by atoms with Crippen LogP contribution in [0.4, 0.5) is 10.1 Å². The molecule has 0 saturated carbocycles. The molecule has 1 amide bonds. The lowest BCUT2D eigenvalue weighted by Crippen LogP contribution is -2.22. The van der Waals surface area contributed by atoms with Crippen LogP contribution in [-0.4, -0.2) is 10.5 Å². The number of hydrogen-bond donors (Lipinski definition) is 1. The molecule has 0 atom stereocenters. The number of nitrogens with zero attached hydrogens (tertiary/aromatic N) is 1. The minimum atomic E-state index is -0.541. The summed E-state index contributed by atoms with van der Waals surface area (Å²) in [5.41, 5.74) is 2.20. The van der Waals surface area contributed by atoms with Crippen molar-refractivity contribution in [1.29, 1.82) is 0 Å². The van der Waals surface area contributed by atoms with Gasteiger partial charge in [-0.05, 0) is 36.8 Å². The maximum absolute atomic E-state index is 13.9. The standard InChI is InChI=1S/C20H16BrFN2O2/c1-13-3-2-4-14(9-13)11-24-12-15(5-8-19(24)25)20(26)23-18-7-6-16(21)10-17(18)22/h2-10,12H,11H2,1H3,(H,23,26). The molecule has 1 N–H and O–H groups in total. The summed E-state index contributed by atoms with van der Waals surface area (Å²) < 4.78 is 15.9. The number of hydrogen-bond acceptors (Lipinski definition) is 2. The average molecular weight is 415 g/mol. The molecule has 132 valence electrons. The Morgan fingerprint density at radius 2 is 1.96 bits per heavy atom. The van der Waals surface area contributed by atoms with Crippen LogP contribution in [0.5, 0.6) is 0 Å². The van der Waals surface area contributed by atoms with Crippen molar-refractivity contribution >= 4 is 27.5 Å². The Morgan fingerprint density at radius 1 is 1.15 bits per heavy atom. The molecule has 0 aliphatic heterocycles. The van der Waals surface area contributed by atoms with Gasteiger partial charge in [0.15, 0.2) is 0 Å². The molecule has 6 heteroatoms. The van der Waals surface area contributed by atoms with Gasteiger partial charge in [0.05, 0.1) is 17.8 Å². The zero-order chi connectivity index (χ0) is 18.7. The first-order valence-corrected chi connectivity index (χ1v) is 8.74. The van der Waals surface area contributed by atoms with Gasteiger partial charge < -0.3 is 9.88 Å². The molecular formula is C20H16BrFN2O2. The van der Waals surface area contributed by atoms with Crippen molar-refractivity contribution in [2.45, 2.75) is 13.5 Å². The average Bonchev–Trinajstić information content (AvgIpc) is 2.59. The second kappa shape index (κ2) is 7.66. The molecule has 4 nitrogen and oxygen atoms in total. The van der Waals surface area contributed by atoms with Crippen LogP contribution in [-0.2, 0) is 6.54 Å². The van der Waals surface area contributed by atoms with Crippen molar-refractivity contribution in [3.8, 4) is 0 Å². The summed E-state index contributed by atoms with van der Waals surface area (Å²) in [5.74, 6) is -1.02. The smallest absolute Gasteiger partial charge is 0.257 e. The van der Waals surface area contributed by atoms with Crippen LogP contribution in [0.1, 0.15) is 21.5 Å². The van der Waals surface area contributed by atoms with Gasteiger partial charge in [-0.25, -0.2) is 4.39 Å². The topological polar surface area (TPSA) is 51.1 Å². The maximum Gasteiger partial charge on any atom is 0.257 e. The largest absolute Gasteiger partial charge is 0.319 e. The summed E-state index contributed by atoms with van der Waals surface area (Å²) in [5, 5.41) is 2.52. The molecule has 0 saturated heterocycles. The number of halogens is 2. The van der Waals surface area contributed by atoms with Crippen LogP contribution in [0.25, 0.3) is 0 Å². The van der Waals surface area contributed by atoms with Gasteiger partial charge in [0.1, 0.15) is 5.82 Å². The molecular weight excluding hydrogens is 399 g/mol. The Morgan fingerprint density at radius 3 is 2.69 bits per heavy atom. The third kappa shape index (κ3) is 4.26. The summed E-state index contributed by atoms with van der Waals surface area (Å²) in [6.07, 6.45) is 1.48. The first-order chi connectivity index (χ1) is 12.4. The van der Waals surface area contributed by atoms with Gasteiger partial charge in [0.25, 0.3) is 11.5 Å². The Hall–Kier alpha value is -2.73. The van der Waals surface area contributed by atoms with Gasteiger partial charge in [0.2, 0.25) is 0 Å². The Balaban J connectivity index is 1.84. The molecule has 3 rings (SSSR count). The molecule has 0 aliphatic rings. The number of carbonyl (C=O) groups is 1. The fourth-order valence-electron chi connectivity index (χ4n) is 2.58.